The number of hydrogen-bond acceptors (Lipinski definition) is 4. The van der Waals surface area contributed by atoms with Crippen molar-refractivity contribution in [1.82, 2.24) is 0 Å². The molecule has 3 rings (SSSR count). The molecule has 1 unspecified atom stereocenters. The zero-order valence-electron chi connectivity index (χ0n) is 15.9. The number of amides is 1. The summed E-state index contributed by atoms with van der Waals surface area (Å²) >= 11 is 6.12. The maximum absolute atomic E-state index is 12.6. The molecule has 0 aliphatic carbocycles. The molecular weight excluding hydrogens is 412 g/mol. The first kappa shape index (κ1) is 21.2. The maximum atomic E-state index is 12.6. The molecule has 0 aromatic heterocycles. The number of benzene rings is 2. The summed E-state index contributed by atoms with van der Waals surface area (Å²) in [5, 5.41) is 5.68. The molecule has 152 valence electrons. The number of carbonyl (C=O) groups is 1. The summed E-state index contributed by atoms with van der Waals surface area (Å²) < 4.78 is 28.6. The van der Waals surface area contributed by atoms with Gasteiger partial charge in [-0.15, -0.1) is 5.92 Å². The second-order valence-corrected chi connectivity index (χ2v) is 8.62. The summed E-state index contributed by atoms with van der Waals surface area (Å²) in [6.45, 7) is 2.67. The van der Waals surface area contributed by atoms with Gasteiger partial charge in [-0.25, -0.2) is 13.6 Å². The molecule has 0 spiro atoms. The molecule has 0 bridgehead atoms. The molecule has 1 saturated heterocycles. The van der Waals surface area contributed by atoms with Gasteiger partial charge >= 0.3 is 0 Å². The Morgan fingerprint density at radius 2 is 1.93 bits per heavy atom. The average molecular weight is 433 g/mol. The van der Waals surface area contributed by atoms with E-state index in [9.17, 15) is 13.2 Å². The van der Waals surface area contributed by atoms with Crippen LogP contribution < -0.4 is 14.8 Å². The minimum Gasteiger partial charge on any atom is -0.481 e. The third kappa shape index (κ3) is 5.10. The third-order valence-corrected chi connectivity index (χ3v) is 5.78. The first-order valence-corrected chi connectivity index (χ1v) is 11.0. The molecule has 29 heavy (non-hydrogen) atoms. The van der Waals surface area contributed by atoms with E-state index in [1.807, 2.05) is 13.0 Å². The second-order valence-electron chi connectivity index (χ2n) is 6.62. The highest BCUT2D eigenvalue weighted by molar-refractivity contribution is 7.89. The number of carbonyl (C=O) groups excluding carboxylic acids is 1. The van der Waals surface area contributed by atoms with Crippen molar-refractivity contribution in [2.24, 2.45) is 5.14 Å². The number of sulfonamides is 1. The second kappa shape index (κ2) is 8.87. The summed E-state index contributed by atoms with van der Waals surface area (Å²) in [6.07, 6.45) is 1.07. The fourth-order valence-electron chi connectivity index (χ4n) is 3.24. The van der Waals surface area contributed by atoms with Gasteiger partial charge in [-0.05, 0) is 42.0 Å². The largest absolute Gasteiger partial charge is 0.481 e. The summed E-state index contributed by atoms with van der Waals surface area (Å²) in [6, 6.07) is 11.3. The molecule has 1 aliphatic heterocycles. The van der Waals surface area contributed by atoms with Crippen LogP contribution in [0.25, 0.3) is 0 Å². The lowest BCUT2D eigenvalue weighted by Crippen LogP contribution is -2.24. The summed E-state index contributed by atoms with van der Waals surface area (Å²) in [5.41, 5.74) is 1.51. The molecule has 0 saturated carbocycles. The van der Waals surface area contributed by atoms with Gasteiger partial charge in [-0.1, -0.05) is 30.5 Å². The standard InChI is InChI=1S/C21H21ClN2O4S/c1-2-3-4-11-28-20-13-16(22)5-10-19(20)15-12-21(25)24(14-15)17-6-8-18(9-7-17)29(23,26)27/h5-10,13,15H,2,11-12,14H2,1H3,(H2,23,26,27). The van der Waals surface area contributed by atoms with Crippen LogP contribution in [-0.4, -0.2) is 27.5 Å². The van der Waals surface area contributed by atoms with Gasteiger partial charge in [0.25, 0.3) is 0 Å². The monoisotopic (exact) mass is 432 g/mol. The number of anilines is 1. The van der Waals surface area contributed by atoms with Crippen LogP contribution >= 0.6 is 11.6 Å². The van der Waals surface area contributed by atoms with Crippen molar-refractivity contribution in [2.75, 3.05) is 18.1 Å². The van der Waals surface area contributed by atoms with Crippen molar-refractivity contribution in [3.05, 3.63) is 53.1 Å². The lowest BCUT2D eigenvalue weighted by atomic mass is 9.97. The minimum atomic E-state index is -3.78. The fraction of sp³-hybridized carbons (Fsp3) is 0.286. The lowest BCUT2D eigenvalue weighted by molar-refractivity contribution is -0.117. The van der Waals surface area contributed by atoms with Gasteiger partial charge in [0.1, 0.15) is 12.4 Å². The van der Waals surface area contributed by atoms with Crippen LogP contribution in [0.4, 0.5) is 5.69 Å². The van der Waals surface area contributed by atoms with E-state index in [1.54, 1.807) is 29.2 Å². The van der Waals surface area contributed by atoms with Gasteiger partial charge in [-0.2, -0.15) is 0 Å². The van der Waals surface area contributed by atoms with Gasteiger partial charge in [0.2, 0.25) is 15.9 Å². The highest BCUT2D eigenvalue weighted by Gasteiger charge is 2.33. The number of halogens is 1. The molecule has 8 heteroatoms. The van der Waals surface area contributed by atoms with Gasteiger partial charge in [0, 0.05) is 36.0 Å². The van der Waals surface area contributed by atoms with Gasteiger partial charge in [0.05, 0.1) is 4.90 Å². The minimum absolute atomic E-state index is 0.00558. The van der Waals surface area contributed by atoms with E-state index in [0.717, 1.165) is 12.0 Å². The molecule has 6 nitrogen and oxygen atoms in total. The zero-order valence-corrected chi connectivity index (χ0v) is 17.5. The van der Waals surface area contributed by atoms with E-state index >= 15 is 0 Å². The van der Waals surface area contributed by atoms with Gasteiger partial charge in [0.15, 0.2) is 0 Å². The molecule has 1 aliphatic rings. The molecule has 1 atom stereocenters. The maximum Gasteiger partial charge on any atom is 0.238 e. The van der Waals surface area contributed by atoms with Crippen molar-refractivity contribution in [3.8, 4) is 17.6 Å². The molecule has 2 N–H and O–H groups in total. The molecule has 2 aromatic rings. The Balaban J connectivity index is 1.81. The number of rotatable bonds is 5. The first-order valence-electron chi connectivity index (χ1n) is 9.10. The Hall–Kier alpha value is -2.53. The zero-order chi connectivity index (χ0) is 21.0. The number of nitrogens with two attached hydrogens (primary N) is 1. The van der Waals surface area contributed by atoms with Crippen molar-refractivity contribution in [3.63, 3.8) is 0 Å². The molecular formula is C21H21ClN2O4S. The predicted octanol–water partition coefficient (Wildman–Crippen LogP) is 3.30. The normalized spacial score (nSPS) is 16.4. The first-order chi connectivity index (χ1) is 13.8. The SMILES string of the molecule is CCC#CCOc1cc(Cl)ccc1C1CC(=O)N(c2ccc(S(N)(=O)=O)cc2)C1. The molecule has 1 heterocycles. The smallest absolute Gasteiger partial charge is 0.238 e. The Kier molecular flexibility index (Phi) is 6.48. The van der Waals surface area contributed by atoms with Crippen LogP contribution in [-0.2, 0) is 14.8 Å². The third-order valence-electron chi connectivity index (χ3n) is 4.62. The number of primary sulfonamides is 1. The van der Waals surface area contributed by atoms with E-state index in [4.69, 9.17) is 21.5 Å². The highest BCUT2D eigenvalue weighted by atomic mass is 35.5. The molecule has 1 amide bonds. The lowest BCUT2D eigenvalue weighted by Gasteiger charge is -2.18. The van der Waals surface area contributed by atoms with Gasteiger partial charge in [-0.3, -0.25) is 4.79 Å². The highest BCUT2D eigenvalue weighted by Crippen LogP contribution is 2.37. The summed E-state index contributed by atoms with van der Waals surface area (Å²) in [5.74, 6) is 6.37. The Morgan fingerprint density at radius 3 is 2.59 bits per heavy atom. The molecule has 1 fully saturated rings. The van der Waals surface area contributed by atoms with Gasteiger partial charge < -0.3 is 9.64 Å². The van der Waals surface area contributed by atoms with E-state index in [2.05, 4.69) is 11.8 Å². The van der Waals surface area contributed by atoms with E-state index in [0.29, 0.717) is 29.4 Å². The van der Waals surface area contributed by atoms with Crippen LogP contribution in [0.5, 0.6) is 5.75 Å². The van der Waals surface area contributed by atoms with Crippen molar-refractivity contribution < 1.29 is 17.9 Å². The van der Waals surface area contributed by atoms with Crippen LogP contribution in [0.1, 0.15) is 31.2 Å². The summed E-state index contributed by atoms with van der Waals surface area (Å²) in [4.78, 5) is 14.2. The Morgan fingerprint density at radius 1 is 1.21 bits per heavy atom. The number of nitrogens with zero attached hydrogens (tertiary/aromatic N) is 1. The Labute approximate surface area is 175 Å². The topological polar surface area (TPSA) is 89.7 Å². The van der Waals surface area contributed by atoms with Crippen molar-refractivity contribution in [2.45, 2.75) is 30.6 Å². The molecule has 0 radical (unpaired) electrons. The van der Waals surface area contributed by atoms with E-state index in [-0.39, 0.29) is 23.3 Å². The summed E-state index contributed by atoms with van der Waals surface area (Å²) in [7, 11) is -3.78. The van der Waals surface area contributed by atoms with Crippen LogP contribution in [0.3, 0.4) is 0 Å². The van der Waals surface area contributed by atoms with Crippen LogP contribution in [0, 0.1) is 11.8 Å². The van der Waals surface area contributed by atoms with Crippen LogP contribution in [0.15, 0.2) is 47.4 Å². The number of hydrogen-bond donors (Lipinski definition) is 1. The predicted molar refractivity (Wildman–Crippen MR) is 113 cm³/mol. The van der Waals surface area contributed by atoms with Crippen molar-refractivity contribution in [1.29, 1.82) is 0 Å². The quantitative estimate of drug-likeness (QED) is 0.734. The fourth-order valence-corrected chi connectivity index (χ4v) is 3.92. The Bertz CT molecular complexity index is 1070. The van der Waals surface area contributed by atoms with E-state index in [1.165, 1.54) is 12.1 Å². The van der Waals surface area contributed by atoms with Crippen LogP contribution in [0.2, 0.25) is 5.02 Å². The number of ether oxygens (including phenoxy) is 1. The molecule has 2 aromatic carbocycles. The van der Waals surface area contributed by atoms with E-state index < -0.39 is 10.0 Å². The average Bonchev–Trinajstić information content (AvgIpc) is 3.06. The van der Waals surface area contributed by atoms with Crippen molar-refractivity contribution >= 4 is 33.2 Å².